The summed E-state index contributed by atoms with van der Waals surface area (Å²) >= 11 is 0. The highest BCUT2D eigenvalue weighted by Crippen LogP contribution is 2.26. The number of amides is 1. The number of nitrogens with one attached hydrogen (secondary N) is 3. The summed E-state index contributed by atoms with van der Waals surface area (Å²) in [5.41, 5.74) is 0.280. The van der Waals surface area contributed by atoms with Crippen molar-refractivity contribution in [2.45, 2.75) is 75.5 Å². The van der Waals surface area contributed by atoms with E-state index in [1.807, 2.05) is 0 Å². The molecule has 3 atom stereocenters. The molecule has 2 aliphatic rings. The zero-order valence-electron chi connectivity index (χ0n) is 14.5. The van der Waals surface area contributed by atoms with Crippen molar-refractivity contribution in [2.24, 2.45) is 0 Å². The van der Waals surface area contributed by atoms with Gasteiger partial charge in [0.15, 0.2) is 5.76 Å². The molecule has 10 heteroatoms. The number of fused-ring (bicyclic) bond motifs is 2. The Morgan fingerprint density at radius 1 is 1.28 bits per heavy atom. The van der Waals surface area contributed by atoms with Gasteiger partial charge >= 0.3 is 0 Å². The van der Waals surface area contributed by atoms with E-state index in [1.54, 1.807) is 13.8 Å². The molecule has 25 heavy (non-hydrogen) atoms. The molecule has 0 spiro atoms. The molecule has 0 aliphatic carbocycles. The number of carbonyl (C=O) groups is 1. The van der Waals surface area contributed by atoms with Crippen LogP contribution < -0.4 is 15.4 Å². The van der Waals surface area contributed by atoms with Crippen LogP contribution in [0.1, 0.15) is 44.1 Å². The van der Waals surface area contributed by atoms with E-state index in [-0.39, 0.29) is 40.7 Å². The summed E-state index contributed by atoms with van der Waals surface area (Å²) in [7, 11) is -3.85. The molecule has 3 N–H and O–H groups in total. The quantitative estimate of drug-likeness (QED) is 0.682. The lowest BCUT2D eigenvalue weighted by atomic mass is 9.99. The number of carbonyl (C=O) groups excluding carboxylic acids is 1. The predicted octanol–water partition coefficient (Wildman–Crippen LogP) is 0.779. The number of aryl methyl sites for hydroxylation is 2. The van der Waals surface area contributed by atoms with Gasteiger partial charge in [-0.15, -0.1) is 12.4 Å². The van der Waals surface area contributed by atoms with Gasteiger partial charge in [-0.05, 0) is 46.5 Å². The number of piperidine rings is 1. The first kappa shape index (κ1) is 20.2. The Kier molecular flexibility index (Phi) is 6.13. The van der Waals surface area contributed by atoms with Crippen LogP contribution in [0.4, 0.5) is 0 Å². The van der Waals surface area contributed by atoms with Crippen LogP contribution in [-0.4, -0.2) is 43.6 Å². The van der Waals surface area contributed by atoms with Gasteiger partial charge in [0, 0.05) is 18.1 Å². The summed E-state index contributed by atoms with van der Waals surface area (Å²) in [6, 6.07) is 0.158. The minimum atomic E-state index is -3.85. The summed E-state index contributed by atoms with van der Waals surface area (Å²) in [4.78, 5) is 12.4. The second-order valence-electron chi connectivity index (χ2n) is 6.81. The van der Waals surface area contributed by atoms with Gasteiger partial charge in [0.25, 0.3) is 0 Å². The molecule has 2 saturated heterocycles. The molecule has 0 saturated carbocycles. The van der Waals surface area contributed by atoms with Gasteiger partial charge in [-0.1, -0.05) is 5.16 Å². The summed E-state index contributed by atoms with van der Waals surface area (Å²) in [5.74, 6) is -0.0980. The van der Waals surface area contributed by atoms with Gasteiger partial charge in [0.2, 0.25) is 15.9 Å². The van der Waals surface area contributed by atoms with E-state index in [1.165, 1.54) is 6.92 Å². The second kappa shape index (κ2) is 7.61. The molecule has 0 radical (unpaired) electrons. The molecule has 1 aromatic rings. The lowest BCUT2D eigenvalue weighted by Crippen LogP contribution is -2.52. The molecular weight excluding hydrogens is 368 g/mol. The molecule has 3 unspecified atom stereocenters. The number of rotatable bonds is 5. The fourth-order valence-electron chi connectivity index (χ4n) is 3.70. The van der Waals surface area contributed by atoms with E-state index in [0.717, 1.165) is 25.7 Å². The first-order valence-corrected chi connectivity index (χ1v) is 9.76. The minimum absolute atomic E-state index is 0. The van der Waals surface area contributed by atoms with Crippen molar-refractivity contribution < 1.29 is 17.7 Å². The van der Waals surface area contributed by atoms with Crippen LogP contribution in [0.2, 0.25) is 0 Å². The van der Waals surface area contributed by atoms with Crippen LogP contribution in [0.15, 0.2) is 9.42 Å². The summed E-state index contributed by atoms with van der Waals surface area (Å²) in [6.45, 7) is 4.63. The van der Waals surface area contributed by atoms with Crippen LogP contribution in [0.3, 0.4) is 0 Å². The number of halogens is 1. The normalized spacial score (nSPS) is 26.8. The molecule has 3 rings (SSSR count). The van der Waals surface area contributed by atoms with E-state index >= 15 is 0 Å². The molecule has 8 nitrogen and oxygen atoms in total. The molecular formula is C15H25ClN4O4S. The third-order valence-corrected chi connectivity index (χ3v) is 6.57. The average Bonchev–Trinajstić information content (AvgIpc) is 3.00. The molecule has 142 valence electrons. The zero-order chi connectivity index (χ0) is 17.5. The Balaban J connectivity index is 0.00000225. The first-order valence-electron chi connectivity index (χ1n) is 8.28. The Bertz CT molecular complexity index is 704. The van der Waals surface area contributed by atoms with E-state index < -0.39 is 16.1 Å². The predicted molar refractivity (Wildman–Crippen MR) is 94.1 cm³/mol. The van der Waals surface area contributed by atoms with Crippen LogP contribution in [0.25, 0.3) is 0 Å². The zero-order valence-corrected chi connectivity index (χ0v) is 16.2. The van der Waals surface area contributed by atoms with Crippen molar-refractivity contribution in [1.29, 1.82) is 0 Å². The van der Waals surface area contributed by atoms with Crippen LogP contribution >= 0.6 is 12.4 Å². The van der Waals surface area contributed by atoms with Crippen LogP contribution in [0, 0.1) is 13.8 Å². The van der Waals surface area contributed by atoms with E-state index in [4.69, 9.17) is 4.52 Å². The average molecular weight is 393 g/mol. The highest BCUT2D eigenvalue weighted by atomic mass is 35.5. The molecule has 2 aliphatic heterocycles. The van der Waals surface area contributed by atoms with Crippen molar-refractivity contribution in [2.75, 3.05) is 0 Å². The lowest BCUT2D eigenvalue weighted by molar-refractivity contribution is -0.123. The highest BCUT2D eigenvalue weighted by Gasteiger charge is 2.35. The van der Waals surface area contributed by atoms with Crippen molar-refractivity contribution in [3.05, 3.63) is 11.5 Å². The van der Waals surface area contributed by atoms with Gasteiger partial charge in [0.1, 0.15) is 10.6 Å². The maximum absolute atomic E-state index is 12.5. The van der Waals surface area contributed by atoms with Crippen LogP contribution in [0.5, 0.6) is 0 Å². The number of hydrogen-bond donors (Lipinski definition) is 3. The summed E-state index contributed by atoms with van der Waals surface area (Å²) in [6.07, 6.45) is 4.08. The lowest BCUT2D eigenvalue weighted by Gasteiger charge is -2.30. The number of nitrogens with zero attached hydrogens (tertiary/aromatic N) is 1. The Labute approximate surface area is 153 Å². The van der Waals surface area contributed by atoms with Gasteiger partial charge < -0.3 is 15.2 Å². The van der Waals surface area contributed by atoms with Gasteiger partial charge in [-0.3, -0.25) is 4.79 Å². The van der Waals surface area contributed by atoms with Gasteiger partial charge in [0.05, 0.1) is 6.04 Å². The van der Waals surface area contributed by atoms with Crippen molar-refractivity contribution in [3.63, 3.8) is 0 Å². The monoisotopic (exact) mass is 392 g/mol. The van der Waals surface area contributed by atoms with Crippen molar-refractivity contribution >= 4 is 28.3 Å². The maximum Gasteiger partial charge on any atom is 0.246 e. The Hall–Kier alpha value is -1.16. The molecule has 1 aromatic heterocycles. The van der Waals surface area contributed by atoms with E-state index in [0.29, 0.717) is 12.1 Å². The molecule has 0 aromatic carbocycles. The third-order valence-electron chi connectivity index (χ3n) is 4.78. The van der Waals surface area contributed by atoms with Crippen molar-refractivity contribution in [1.82, 2.24) is 20.5 Å². The van der Waals surface area contributed by atoms with Crippen LogP contribution in [-0.2, 0) is 14.8 Å². The second-order valence-corrected chi connectivity index (χ2v) is 8.46. The van der Waals surface area contributed by atoms with E-state index in [9.17, 15) is 13.2 Å². The molecule has 3 heterocycles. The number of aromatic nitrogens is 1. The Morgan fingerprint density at radius 3 is 2.40 bits per heavy atom. The summed E-state index contributed by atoms with van der Waals surface area (Å²) < 4.78 is 32.2. The third kappa shape index (κ3) is 4.33. The highest BCUT2D eigenvalue weighted by molar-refractivity contribution is 7.89. The smallest absolute Gasteiger partial charge is 0.246 e. The number of sulfonamides is 1. The van der Waals surface area contributed by atoms with Gasteiger partial charge in [-0.25, -0.2) is 8.42 Å². The number of hydrogen-bond acceptors (Lipinski definition) is 6. The fraction of sp³-hybridized carbons (Fsp3) is 0.733. The molecule has 2 fully saturated rings. The van der Waals surface area contributed by atoms with E-state index in [2.05, 4.69) is 20.5 Å². The SMILES string of the molecule is Cc1noc(C)c1S(=O)(=O)NC(C)C(=O)NC1CC2CCC(C1)N2.Cl. The maximum atomic E-state index is 12.5. The molecule has 1 amide bonds. The largest absolute Gasteiger partial charge is 0.360 e. The Morgan fingerprint density at radius 2 is 1.88 bits per heavy atom. The standard InChI is InChI=1S/C15H24N4O4S.ClH/c1-8-14(10(3)23-18-8)24(21,22)19-9(2)15(20)17-13-6-11-4-5-12(7-13)16-11;/h9,11-13,16,19H,4-7H2,1-3H3,(H,17,20);1H. The minimum Gasteiger partial charge on any atom is -0.360 e. The van der Waals surface area contributed by atoms with Crippen molar-refractivity contribution in [3.8, 4) is 0 Å². The fourth-order valence-corrected chi connectivity index (χ4v) is 5.24. The first-order chi connectivity index (χ1) is 11.3. The molecule has 2 bridgehead atoms. The topological polar surface area (TPSA) is 113 Å². The summed E-state index contributed by atoms with van der Waals surface area (Å²) in [5, 5.41) is 10.1. The van der Waals surface area contributed by atoms with Gasteiger partial charge in [-0.2, -0.15) is 4.72 Å².